The van der Waals surface area contributed by atoms with Gasteiger partial charge in [-0.1, -0.05) is 18.2 Å². The van der Waals surface area contributed by atoms with Gasteiger partial charge in [0.25, 0.3) is 5.91 Å². The summed E-state index contributed by atoms with van der Waals surface area (Å²) >= 11 is 0. The van der Waals surface area contributed by atoms with E-state index in [9.17, 15) is 9.59 Å². The molecule has 0 fully saturated rings. The second-order valence-corrected chi connectivity index (χ2v) is 5.92. The van der Waals surface area contributed by atoms with Crippen molar-refractivity contribution >= 4 is 23.2 Å². The predicted octanol–water partition coefficient (Wildman–Crippen LogP) is 2.93. The van der Waals surface area contributed by atoms with Crippen molar-refractivity contribution < 1.29 is 9.59 Å². The van der Waals surface area contributed by atoms with Crippen LogP contribution in [0, 0.1) is 0 Å². The summed E-state index contributed by atoms with van der Waals surface area (Å²) in [6, 6.07) is 13.3. The minimum absolute atomic E-state index is 0.0542. The van der Waals surface area contributed by atoms with E-state index < -0.39 is 0 Å². The third-order valence-electron chi connectivity index (χ3n) is 4.07. The lowest BCUT2D eigenvalue weighted by atomic mass is 9.97. The van der Waals surface area contributed by atoms with Gasteiger partial charge in [-0.2, -0.15) is 0 Å². The minimum atomic E-state index is -0.0986. The molecule has 5 heteroatoms. The van der Waals surface area contributed by atoms with E-state index in [1.165, 1.54) is 6.92 Å². The van der Waals surface area contributed by atoms with Crippen LogP contribution in [-0.4, -0.2) is 18.4 Å². The number of anilines is 2. The van der Waals surface area contributed by atoms with Crippen LogP contribution in [-0.2, 0) is 17.8 Å². The molecule has 0 radical (unpaired) electrons. The highest BCUT2D eigenvalue weighted by atomic mass is 16.2. The van der Waals surface area contributed by atoms with Crippen molar-refractivity contribution in [3.8, 4) is 0 Å². The monoisotopic (exact) mass is 323 g/mol. The van der Waals surface area contributed by atoms with Gasteiger partial charge in [0.2, 0.25) is 5.91 Å². The molecular formula is C19H21N3O2. The summed E-state index contributed by atoms with van der Waals surface area (Å²) in [7, 11) is 0. The molecular weight excluding hydrogens is 302 g/mol. The van der Waals surface area contributed by atoms with Crippen molar-refractivity contribution in [1.82, 2.24) is 5.32 Å². The average Bonchev–Trinajstić information content (AvgIpc) is 2.60. The molecule has 0 spiro atoms. The van der Waals surface area contributed by atoms with Crippen LogP contribution in [0.25, 0.3) is 0 Å². The van der Waals surface area contributed by atoms with Crippen LogP contribution in [0.4, 0.5) is 11.4 Å². The average molecular weight is 323 g/mol. The van der Waals surface area contributed by atoms with Gasteiger partial charge in [0, 0.05) is 37.0 Å². The zero-order valence-electron chi connectivity index (χ0n) is 13.7. The lowest BCUT2D eigenvalue weighted by molar-refractivity contribution is -0.114. The van der Waals surface area contributed by atoms with Gasteiger partial charge in [0.15, 0.2) is 0 Å². The number of benzene rings is 2. The van der Waals surface area contributed by atoms with E-state index in [1.54, 1.807) is 0 Å². The normalized spacial score (nSPS) is 12.7. The fourth-order valence-electron chi connectivity index (χ4n) is 2.91. The van der Waals surface area contributed by atoms with Crippen molar-refractivity contribution in [2.75, 3.05) is 17.2 Å². The fourth-order valence-corrected chi connectivity index (χ4v) is 2.91. The summed E-state index contributed by atoms with van der Waals surface area (Å²) in [4.78, 5) is 23.5. The predicted molar refractivity (Wildman–Crippen MR) is 95.2 cm³/mol. The van der Waals surface area contributed by atoms with Gasteiger partial charge < -0.3 is 16.0 Å². The molecule has 1 heterocycles. The van der Waals surface area contributed by atoms with Crippen LogP contribution in [0.3, 0.4) is 0 Å². The highest BCUT2D eigenvalue weighted by Crippen LogP contribution is 2.25. The Hall–Kier alpha value is -2.82. The van der Waals surface area contributed by atoms with Crippen LogP contribution in [0.5, 0.6) is 0 Å². The van der Waals surface area contributed by atoms with Crippen LogP contribution in [0.15, 0.2) is 42.5 Å². The summed E-state index contributed by atoms with van der Waals surface area (Å²) in [5, 5.41) is 9.03. The second-order valence-electron chi connectivity index (χ2n) is 5.92. The van der Waals surface area contributed by atoms with Gasteiger partial charge in [0.1, 0.15) is 0 Å². The Morgan fingerprint density at radius 3 is 2.67 bits per heavy atom. The maximum Gasteiger partial charge on any atom is 0.251 e. The molecule has 0 aromatic heterocycles. The third-order valence-corrected chi connectivity index (χ3v) is 4.07. The lowest BCUT2D eigenvalue weighted by Gasteiger charge is -2.20. The highest BCUT2D eigenvalue weighted by Gasteiger charge is 2.16. The van der Waals surface area contributed by atoms with Gasteiger partial charge in [-0.25, -0.2) is 0 Å². The van der Waals surface area contributed by atoms with Gasteiger partial charge in [-0.05, 0) is 48.2 Å². The molecule has 1 aliphatic heterocycles. The van der Waals surface area contributed by atoms with Crippen molar-refractivity contribution in [2.24, 2.45) is 0 Å². The van der Waals surface area contributed by atoms with Crippen LogP contribution < -0.4 is 16.0 Å². The van der Waals surface area contributed by atoms with Crippen molar-refractivity contribution in [2.45, 2.75) is 26.3 Å². The van der Waals surface area contributed by atoms with E-state index in [4.69, 9.17) is 0 Å². The molecule has 0 atom stereocenters. The van der Waals surface area contributed by atoms with Gasteiger partial charge in [-0.3, -0.25) is 9.59 Å². The molecule has 2 amide bonds. The molecule has 3 rings (SSSR count). The second kappa shape index (κ2) is 7.17. The zero-order valence-corrected chi connectivity index (χ0v) is 13.7. The number of rotatable bonds is 4. The summed E-state index contributed by atoms with van der Waals surface area (Å²) in [5.74, 6) is -0.153. The molecule has 0 aliphatic carbocycles. The van der Waals surface area contributed by atoms with Gasteiger partial charge >= 0.3 is 0 Å². The molecule has 0 saturated carbocycles. The van der Waals surface area contributed by atoms with Crippen LogP contribution in [0.2, 0.25) is 0 Å². The molecule has 5 nitrogen and oxygen atoms in total. The first-order chi connectivity index (χ1) is 11.6. The first-order valence-electron chi connectivity index (χ1n) is 8.14. The summed E-state index contributed by atoms with van der Waals surface area (Å²) in [6.45, 7) is 2.89. The molecule has 1 aliphatic rings. The first-order valence-corrected chi connectivity index (χ1v) is 8.14. The topological polar surface area (TPSA) is 70.2 Å². The van der Waals surface area contributed by atoms with Crippen molar-refractivity contribution in [1.29, 1.82) is 0 Å². The number of nitrogens with one attached hydrogen (secondary N) is 3. The molecule has 0 unspecified atom stereocenters. The zero-order chi connectivity index (χ0) is 16.9. The van der Waals surface area contributed by atoms with Crippen LogP contribution in [0.1, 0.15) is 34.8 Å². The summed E-state index contributed by atoms with van der Waals surface area (Å²) in [5.41, 5.74) is 4.64. The number of fused-ring (bicyclic) bond motifs is 1. The Kier molecular flexibility index (Phi) is 4.79. The molecule has 2 aromatic rings. The Bertz CT molecular complexity index is 754. The number of hydrogen-bond acceptors (Lipinski definition) is 3. The van der Waals surface area contributed by atoms with E-state index >= 15 is 0 Å². The maximum atomic E-state index is 12.5. The summed E-state index contributed by atoms with van der Waals surface area (Å²) in [6.07, 6.45) is 1.97. The Labute approximate surface area is 141 Å². The largest absolute Gasteiger partial charge is 0.385 e. The SMILES string of the molecule is CC(=O)Nc1ccc(CNC(=O)c2cccc3c2CCCN3)cc1. The van der Waals surface area contributed by atoms with E-state index in [2.05, 4.69) is 16.0 Å². The van der Waals surface area contributed by atoms with Crippen molar-refractivity contribution in [3.05, 3.63) is 59.2 Å². The molecule has 0 bridgehead atoms. The Morgan fingerprint density at radius 1 is 1.12 bits per heavy atom. The standard InChI is InChI=1S/C19H21N3O2/c1-13(23)22-15-9-7-14(8-10-15)12-21-19(24)17-4-2-6-18-16(17)5-3-11-20-18/h2,4,6-10,20H,3,5,11-12H2,1H3,(H,21,24)(H,22,23). The van der Waals surface area contributed by atoms with Gasteiger partial charge in [-0.15, -0.1) is 0 Å². The number of carbonyl (C=O) groups is 2. The molecule has 124 valence electrons. The van der Waals surface area contributed by atoms with Crippen LogP contribution >= 0.6 is 0 Å². The number of hydrogen-bond donors (Lipinski definition) is 3. The fraction of sp³-hybridized carbons (Fsp3) is 0.263. The van der Waals surface area contributed by atoms with E-state index in [0.717, 1.165) is 47.5 Å². The van der Waals surface area contributed by atoms with Gasteiger partial charge in [0.05, 0.1) is 0 Å². The van der Waals surface area contributed by atoms with E-state index in [1.807, 2.05) is 42.5 Å². The maximum absolute atomic E-state index is 12.5. The molecule has 3 N–H and O–H groups in total. The van der Waals surface area contributed by atoms with Crippen molar-refractivity contribution in [3.63, 3.8) is 0 Å². The third kappa shape index (κ3) is 3.74. The Balaban J connectivity index is 1.65. The highest BCUT2D eigenvalue weighted by molar-refractivity contribution is 5.97. The number of carbonyl (C=O) groups excluding carboxylic acids is 2. The smallest absolute Gasteiger partial charge is 0.251 e. The summed E-state index contributed by atoms with van der Waals surface area (Å²) < 4.78 is 0. The molecule has 2 aromatic carbocycles. The minimum Gasteiger partial charge on any atom is -0.385 e. The quantitative estimate of drug-likeness (QED) is 0.810. The number of amides is 2. The molecule has 0 saturated heterocycles. The lowest BCUT2D eigenvalue weighted by Crippen LogP contribution is -2.25. The first kappa shape index (κ1) is 16.1. The Morgan fingerprint density at radius 2 is 1.92 bits per heavy atom. The van der Waals surface area contributed by atoms with E-state index in [0.29, 0.717) is 6.54 Å². The molecule has 24 heavy (non-hydrogen) atoms. The van der Waals surface area contributed by atoms with E-state index in [-0.39, 0.29) is 11.8 Å².